The van der Waals surface area contributed by atoms with Crippen LogP contribution in [0.2, 0.25) is 0 Å². The average Bonchev–Trinajstić information content (AvgIpc) is 2.86. The Balaban J connectivity index is 1.74. The van der Waals surface area contributed by atoms with E-state index in [1.165, 1.54) is 18.7 Å². The number of hydrogen-bond donors (Lipinski definition) is 1. The van der Waals surface area contributed by atoms with E-state index in [9.17, 15) is 0 Å². The van der Waals surface area contributed by atoms with E-state index in [-0.39, 0.29) is 0 Å². The lowest BCUT2D eigenvalue weighted by molar-refractivity contribution is 0.349. The Bertz CT molecular complexity index is 432. The molecule has 2 saturated heterocycles. The second-order valence-corrected chi connectivity index (χ2v) is 5.07. The topological polar surface area (TPSA) is 39.1 Å². The van der Waals surface area contributed by atoms with Crippen molar-refractivity contribution in [3.8, 4) is 6.07 Å². The van der Waals surface area contributed by atoms with E-state index in [1.807, 2.05) is 12.1 Å². The molecule has 2 unspecified atom stereocenters. The third-order valence-corrected chi connectivity index (χ3v) is 4.07. The molecule has 3 nitrogen and oxygen atoms in total. The number of anilines is 1. The lowest BCUT2D eigenvalue weighted by Gasteiger charge is -2.36. The Morgan fingerprint density at radius 3 is 2.71 bits per heavy atom. The van der Waals surface area contributed by atoms with Gasteiger partial charge in [0.15, 0.2) is 0 Å². The van der Waals surface area contributed by atoms with Gasteiger partial charge in [-0.05, 0) is 55.6 Å². The Kier molecular flexibility index (Phi) is 2.74. The summed E-state index contributed by atoms with van der Waals surface area (Å²) >= 11 is 0. The summed E-state index contributed by atoms with van der Waals surface area (Å²) in [7, 11) is 0. The molecule has 1 N–H and O–H groups in total. The standard InChI is InChI=1S/C14H17N3/c15-7-11-1-3-14(4-2-11)17-6-5-12-8-16-9-13(12)10-17/h1-4,12-13,16H,5-6,8-10H2. The number of fused-ring (bicyclic) bond motifs is 1. The highest BCUT2D eigenvalue weighted by molar-refractivity contribution is 5.50. The first-order valence-corrected chi connectivity index (χ1v) is 6.32. The highest BCUT2D eigenvalue weighted by Gasteiger charge is 2.32. The number of nitriles is 1. The minimum atomic E-state index is 0.742. The van der Waals surface area contributed by atoms with Crippen LogP contribution < -0.4 is 10.2 Å². The van der Waals surface area contributed by atoms with Gasteiger partial charge in [-0.3, -0.25) is 0 Å². The maximum Gasteiger partial charge on any atom is 0.0991 e. The summed E-state index contributed by atoms with van der Waals surface area (Å²) in [6.45, 7) is 4.67. The number of hydrogen-bond acceptors (Lipinski definition) is 3. The summed E-state index contributed by atoms with van der Waals surface area (Å²) in [6, 6.07) is 10.1. The van der Waals surface area contributed by atoms with Crippen LogP contribution in [0.4, 0.5) is 5.69 Å². The zero-order valence-electron chi connectivity index (χ0n) is 9.89. The fourth-order valence-electron chi connectivity index (χ4n) is 3.02. The van der Waals surface area contributed by atoms with Crippen LogP contribution in [0.5, 0.6) is 0 Å². The summed E-state index contributed by atoms with van der Waals surface area (Å²) in [5.41, 5.74) is 2.00. The number of rotatable bonds is 1. The third-order valence-electron chi connectivity index (χ3n) is 4.07. The molecule has 0 radical (unpaired) electrons. The molecule has 0 bridgehead atoms. The zero-order valence-corrected chi connectivity index (χ0v) is 9.89. The molecule has 0 spiro atoms. The van der Waals surface area contributed by atoms with Gasteiger partial charge >= 0.3 is 0 Å². The van der Waals surface area contributed by atoms with Gasteiger partial charge in [0.05, 0.1) is 11.6 Å². The second kappa shape index (κ2) is 4.38. The van der Waals surface area contributed by atoms with Gasteiger partial charge in [-0.15, -0.1) is 0 Å². The normalized spacial score (nSPS) is 27.6. The van der Waals surface area contributed by atoms with Gasteiger partial charge in [0, 0.05) is 18.8 Å². The Morgan fingerprint density at radius 2 is 1.94 bits per heavy atom. The molecule has 0 aromatic heterocycles. The van der Waals surface area contributed by atoms with Gasteiger partial charge in [0.25, 0.3) is 0 Å². The van der Waals surface area contributed by atoms with Crippen LogP contribution in [0.1, 0.15) is 12.0 Å². The zero-order chi connectivity index (χ0) is 11.7. The monoisotopic (exact) mass is 227 g/mol. The maximum atomic E-state index is 8.79. The molecule has 0 amide bonds. The first kappa shape index (κ1) is 10.6. The summed E-state index contributed by atoms with van der Waals surface area (Å²) in [5.74, 6) is 1.68. The molecule has 2 atom stereocenters. The Labute approximate surface area is 102 Å². The van der Waals surface area contributed by atoms with E-state index in [2.05, 4.69) is 28.4 Å². The lowest BCUT2D eigenvalue weighted by atomic mass is 9.88. The van der Waals surface area contributed by atoms with Crippen molar-refractivity contribution in [3.05, 3.63) is 29.8 Å². The fraction of sp³-hybridized carbons (Fsp3) is 0.500. The van der Waals surface area contributed by atoms with Crippen LogP contribution in [-0.2, 0) is 0 Å². The molecule has 2 aliphatic rings. The number of nitrogens with zero attached hydrogens (tertiary/aromatic N) is 2. The molecule has 2 fully saturated rings. The van der Waals surface area contributed by atoms with Crippen molar-refractivity contribution in [1.82, 2.24) is 5.32 Å². The molecular formula is C14H17N3. The van der Waals surface area contributed by atoms with Gasteiger partial charge in [-0.1, -0.05) is 0 Å². The molecule has 17 heavy (non-hydrogen) atoms. The Morgan fingerprint density at radius 1 is 1.18 bits per heavy atom. The van der Waals surface area contributed by atoms with Gasteiger partial charge in [-0.2, -0.15) is 5.26 Å². The molecule has 1 aromatic carbocycles. The number of nitrogens with one attached hydrogen (secondary N) is 1. The predicted molar refractivity (Wildman–Crippen MR) is 67.8 cm³/mol. The first-order valence-electron chi connectivity index (χ1n) is 6.32. The summed E-state index contributed by atoms with van der Waals surface area (Å²) < 4.78 is 0. The first-order chi connectivity index (χ1) is 8.36. The van der Waals surface area contributed by atoms with Crippen molar-refractivity contribution in [1.29, 1.82) is 5.26 Å². The largest absolute Gasteiger partial charge is 0.371 e. The molecule has 1 aromatic rings. The minimum Gasteiger partial charge on any atom is -0.371 e. The van der Waals surface area contributed by atoms with E-state index in [4.69, 9.17) is 5.26 Å². The fourth-order valence-corrected chi connectivity index (χ4v) is 3.02. The maximum absolute atomic E-state index is 8.79. The minimum absolute atomic E-state index is 0.742. The number of piperidine rings is 1. The van der Waals surface area contributed by atoms with Crippen LogP contribution in [0.25, 0.3) is 0 Å². The van der Waals surface area contributed by atoms with Crippen molar-refractivity contribution in [2.75, 3.05) is 31.1 Å². The van der Waals surface area contributed by atoms with Crippen molar-refractivity contribution in [3.63, 3.8) is 0 Å². The number of benzene rings is 1. The van der Waals surface area contributed by atoms with E-state index in [1.54, 1.807) is 0 Å². The molecule has 2 aliphatic heterocycles. The van der Waals surface area contributed by atoms with Crippen molar-refractivity contribution < 1.29 is 0 Å². The molecule has 0 aliphatic carbocycles. The summed E-state index contributed by atoms with van der Waals surface area (Å²) in [6.07, 6.45) is 1.29. The summed E-state index contributed by atoms with van der Waals surface area (Å²) in [4.78, 5) is 2.45. The van der Waals surface area contributed by atoms with Crippen LogP contribution >= 0.6 is 0 Å². The van der Waals surface area contributed by atoms with Crippen LogP contribution in [0, 0.1) is 23.2 Å². The molecule has 0 saturated carbocycles. The van der Waals surface area contributed by atoms with Crippen LogP contribution in [0.3, 0.4) is 0 Å². The van der Waals surface area contributed by atoms with E-state index >= 15 is 0 Å². The Hall–Kier alpha value is -1.53. The highest BCUT2D eigenvalue weighted by atomic mass is 15.2. The summed E-state index contributed by atoms with van der Waals surface area (Å²) in [5, 5.41) is 12.3. The van der Waals surface area contributed by atoms with Crippen LogP contribution in [-0.4, -0.2) is 26.2 Å². The molecule has 2 heterocycles. The van der Waals surface area contributed by atoms with E-state index in [0.29, 0.717) is 0 Å². The van der Waals surface area contributed by atoms with Gasteiger partial charge < -0.3 is 10.2 Å². The van der Waals surface area contributed by atoms with Crippen molar-refractivity contribution in [2.24, 2.45) is 11.8 Å². The molecular weight excluding hydrogens is 210 g/mol. The van der Waals surface area contributed by atoms with E-state index < -0.39 is 0 Å². The molecule has 3 heteroatoms. The van der Waals surface area contributed by atoms with Gasteiger partial charge in [-0.25, -0.2) is 0 Å². The molecule has 3 rings (SSSR count). The molecule has 88 valence electrons. The third kappa shape index (κ3) is 2.01. The quantitative estimate of drug-likeness (QED) is 0.792. The highest BCUT2D eigenvalue weighted by Crippen LogP contribution is 2.29. The van der Waals surface area contributed by atoms with Gasteiger partial charge in [0.2, 0.25) is 0 Å². The smallest absolute Gasteiger partial charge is 0.0991 e. The van der Waals surface area contributed by atoms with Crippen molar-refractivity contribution in [2.45, 2.75) is 6.42 Å². The lowest BCUT2D eigenvalue weighted by Crippen LogP contribution is -2.39. The van der Waals surface area contributed by atoms with Crippen molar-refractivity contribution >= 4 is 5.69 Å². The van der Waals surface area contributed by atoms with Crippen LogP contribution in [0.15, 0.2) is 24.3 Å². The predicted octanol–water partition coefficient (Wildman–Crippen LogP) is 1.60. The second-order valence-electron chi connectivity index (χ2n) is 5.07. The van der Waals surface area contributed by atoms with E-state index in [0.717, 1.165) is 37.0 Å². The average molecular weight is 227 g/mol. The van der Waals surface area contributed by atoms with Gasteiger partial charge in [0.1, 0.15) is 0 Å². The SMILES string of the molecule is N#Cc1ccc(N2CCC3CNCC3C2)cc1.